The van der Waals surface area contributed by atoms with Gasteiger partial charge < -0.3 is 11.5 Å². The number of nitrogen functional groups attached to an aromatic ring is 2. The second kappa shape index (κ2) is 4.49. The molecule has 0 aromatic heterocycles. The molecule has 0 radical (unpaired) electrons. The number of anilines is 2. The number of nitrogens with two attached hydrogens (primary N) is 2. The Kier molecular flexibility index (Phi) is 3.06. The van der Waals surface area contributed by atoms with Crippen LogP contribution in [0.2, 0.25) is 0 Å². The lowest BCUT2D eigenvalue weighted by molar-refractivity contribution is 1.36. The van der Waals surface area contributed by atoms with Gasteiger partial charge in [0.25, 0.3) is 0 Å². The molecule has 0 saturated carbocycles. The molecular formula is C13H14N2S. The highest BCUT2D eigenvalue weighted by atomic mass is 32.2. The first-order valence-corrected chi connectivity index (χ1v) is 5.86. The van der Waals surface area contributed by atoms with Crippen molar-refractivity contribution in [3.8, 4) is 0 Å². The summed E-state index contributed by atoms with van der Waals surface area (Å²) < 4.78 is 0. The van der Waals surface area contributed by atoms with E-state index in [1.54, 1.807) is 17.8 Å². The predicted octanol–water partition coefficient (Wildman–Crippen LogP) is 3.31. The van der Waals surface area contributed by atoms with Crippen molar-refractivity contribution in [1.29, 1.82) is 0 Å². The molecule has 16 heavy (non-hydrogen) atoms. The van der Waals surface area contributed by atoms with Gasteiger partial charge in [-0.3, -0.25) is 0 Å². The Bertz CT molecular complexity index is 472. The van der Waals surface area contributed by atoms with E-state index < -0.39 is 0 Å². The van der Waals surface area contributed by atoms with E-state index in [1.807, 2.05) is 12.1 Å². The minimum atomic E-state index is 0.703. The fraction of sp³-hybridized carbons (Fsp3) is 0.0769. The number of hydrogen-bond donors (Lipinski definition) is 2. The van der Waals surface area contributed by atoms with Crippen LogP contribution in [-0.2, 0) is 0 Å². The van der Waals surface area contributed by atoms with Crippen LogP contribution in [0.4, 0.5) is 11.4 Å². The smallest absolute Gasteiger partial charge is 0.0346 e. The fourth-order valence-corrected chi connectivity index (χ4v) is 2.38. The van der Waals surface area contributed by atoms with E-state index in [2.05, 4.69) is 31.2 Å². The molecule has 0 aliphatic heterocycles. The van der Waals surface area contributed by atoms with E-state index in [1.165, 1.54) is 10.5 Å². The van der Waals surface area contributed by atoms with Gasteiger partial charge in [0.1, 0.15) is 0 Å². The average Bonchev–Trinajstić information content (AvgIpc) is 2.20. The van der Waals surface area contributed by atoms with Crippen LogP contribution in [0.25, 0.3) is 0 Å². The van der Waals surface area contributed by atoms with Gasteiger partial charge in [0.2, 0.25) is 0 Å². The highest BCUT2D eigenvalue weighted by molar-refractivity contribution is 7.99. The van der Waals surface area contributed by atoms with Crippen LogP contribution in [0.3, 0.4) is 0 Å². The van der Waals surface area contributed by atoms with E-state index in [0.29, 0.717) is 11.4 Å². The molecule has 0 heterocycles. The maximum atomic E-state index is 5.74. The van der Waals surface area contributed by atoms with Crippen LogP contribution < -0.4 is 11.5 Å². The summed E-state index contributed by atoms with van der Waals surface area (Å²) in [5.74, 6) is 0. The molecule has 0 amide bonds. The monoisotopic (exact) mass is 230 g/mol. The zero-order valence-corrected chi connectivity index (χ0v) is 9.92. The topological polar surface area (TPSA) is 52.0 Å². The first kappa shape index (κ1) is 10.9. The minimum Gasteiger partial charge on any atom is -0.399 e. The fourth-order valence-electron chi connectivity index (χ4n) is 1.45. The summed E-state index contributed by atoms with van der Waals surface area (Å²) in [6.45, 7) is 2.08. The summed E-state index contributed by atoms with van der Waals surface area (Å²) in [5, 5.41) is 0. The largest absolute Gasteiger partial charge is 0.399 e. The van der Waals surface area contributed by atoms with Gasteiger partial charge in [-0.15, -0.1) is 0 Å². The predicted molar refractivity (Wildman–Crippen MR) is 70.6 cm³/mol. The zero-order valence-electron chi connectivity index (χ0n) is 9.10. The van der Waals surface area contributed by atoms with Crippen molar-refractivity contribution in [2.45, 2.75) is 16.7 Å². The summed E-state index contributed by atoms with van der Waals surface area (Å²) in [6, 6.07) is 14.0. The lowest BCUT2D eigenvalue weighted by atomic mass is 10.2. The normalized spacial score (nSPS) is 10.3. The molecule has 2 rings (SSSR count). The standard InChI is InChI=1S/C13H14N2S/c1-9-2-4-12(5-3-9)16-13-7-10(14)6-11(15)8-13/h2-8H,14-15H2,1H3. The molecule has 4 N–H and O–H groups in total. The highest BCUT2D eigenvalue weighted by Gasteiger charge is 1.99. The Hall–Kier alpha value is -1.61. The van der Waals surface area contributed by atoms with E-state index in [0.717, 1.165) is 4.90 Å². The van der Waals surface area contributed by atoms with Gasteiger partial charge in [-0.2, -0.15) is 0 Å². The van der Waals surface area contributed by atoms with Crippen LogP contribution >= 0.6 is 11.8 Å². The summed E-state index contributed by atoms with van der Waals surface area (Å²) in [7, 11) is 0. The van der Waals surface area contributed by atoms with Crippen LogP contribution in [0.1, 0.15) is 5.56 Å². The molecule has 0 saturated heterocycles. The van der Waals surface area contributed by atoms with Crippen molar-refractivity contribution in [2.24, 2.45) is 0 Å². The van der Waals surface area contributed by atoms with E-state index in [9.17, 15) is 0 Å². The summed E-state index contributed by atoms with van der Waals surface area (Å²) in [6.07, 6.45) is 0. The number of aryl methyl sites for hydroxylation is 1. The summed E-state index contributed by atoms with van der Waals surface area (Å²) in [5.41, 5.74) is 14.2. The second-order valence-electron chi connectivity index (χ2n) is 3.75. The Morgan fingerprint density at radius 2 is 1.38 bits per heavy atom. The van der Waals surface area contributed by atoms with Crippen molar-refractivity contribution in [2.75, 3.05) is 11.5 Å². The third-order valence-corrected chi connectivity index (χ3v) is 3.19. The van der Waals surface area contributed by atoms with Gasteiger partial charge in [-0.1, -0.05) is 29.5 Å². The Labute approximate surface area is 99.7 Å². The zero-order chi connectivity index (χ0) is 11.5. The van der Waals surface area contributed by atoms with Crippen LogP contribution in [0.15, 0.2) is 52.3 Å². The van der Waals surface area contributed by atoms with Gasteiger partial charge in [0, 0.05) is 21.2 Å². The molecule has 2 nitrogen and oxygen atoms in total. The average molecular weight is 230 g/mol. The molecule has 0 atom stereocenters. The number of benzene rings is 2. The molecule has 0 aliphatic rings. The summed E-state index contributed by atoms with van der Waals surface area (Å²) >= 11 is 1.66. The second-order valence-corrected chi connectivity index (χ2v) is 4.90. The minimum absolute atomic E-state index is 0.703. The molecule has 3 heteroatoms. The molecule has 0 spiro atoms. The van der Waals surface area contributed by atoms with Gasteiger partial charge in [-0.25, -0.2) is 0 Å². The van der Waals surface area contributed by atoms with Gasteiger partial charge >= 0.3 is 0 Å². The first-order valence-electron chi connectivity index (χ1n) is 5.04. The van der Waals surface area contributed by atoms with E-state index in [4.69, 9.17) is 11.5 Å². The van der Waals surface area contributed by atoms with Crippen LogP contribution in [0.5, 0.6) is 0 Å². The van der Waals surface area contributed by atoms with E-state index in [-0.39, 0.29) is 0 Å². The van der Waals surface area contributed by atoms with Crippen molar-refractivity contribution < 1.29 is 0 Å². The third-order valence-electron chi connectivity index (χ3n) is 2.21. The van der Waals surface area contributed by atoms with Crippen molar-refractivity contribution in [3.05, 3.63) is 48.0 Å². The molecular weight excluding hydrogens is 216 g/mol. The maximum Gasteiger partial charge on any atom is 0.0346 e. The Morgan fingerprint density at radius 1 is 0.812 bits per heavy atom. The van der Waals surface area contributed by atoms with E-state index >= 15 is 0 Å². The number of rotatable bonds is 2. The Balaban J connectivity index is 2.23. The van der Waals surface area contributed by atoms with Crippen LogP contribution in [0, 0.1) is 6.92 Å². The van der Waals surface area contributed by atoms with Crippen molar-refractivity contribution in [1.82, 2.24) is 0 Å². The van der Waals surface area contributed by atoms with Crippen LogP contribution in [-0.4, -0.2) is 0 Å². The highest BCUT2D eigenvalue weighted by Crippen LogP contribution is 2.30. The lowest BCUT2D eigenvalue weighted by Gasteiger charge is -2.04. The lowest BCUT2D eigenvalue weighted by Crippen LogP contribution is -1.90. The quantitative estimate of drug-likeness (QED) is 0.778. The third kappa shape index (κ3) is 2.70. The van der Waals surface area contributed by atoms with Crippen molar-refractivity contribution >= 4 is 23.1 Å². The molecule has 2 aromatic rings. The van der Waals surface area contributed by atoms with Gasteiger partial charge in [0.15, 0.2) is 0 Å². The molecule has 0 fully saturated rings. The molecule has 0 bridgehead atoms. The molecule has 82 valence electrons. The molecule has 0 unspecified atom stereocenters. The number of hydrogen-bond acceptors (Lipinski definition) is 3. The summed E-state index contributed by atoms with van der Waals surface area (Å²) in [4.78, 5) is 2.26. The first-order chi connectivity index (χ1) is 7.63. The van der Waals surface area contributed by atoms with Crippen molar-refractivity contribution in [3.63, 3.8) is 0 Å². The Morgan fingerprint density at radius 3 is 1.94 bits per heavy atom. The van der Waals surface area contributed by atoms with Gasteiger partial charge in [0.05, 0.1) is 0 Å². The maximum absolute atomic E-state index is 5.74. The molecule has 0 aliphatic carbocycles. The van der Waals surface area contributed by atoms with Gasteiger partial charge in [-0.05, 0) is 37.3 Å². The molecule has 2 aromatic carbocycles. The SMILES string of the molecule is Cc1ccc(Sc2cc(N)cc(N)c2)cc1.